The Balaban J connectivity index is 1.76. The summed E-state index contributed by atoms with van der Waals surface area (Å²) in [4.78, 5) is 11.8. The molecule has 1 saturated heterocycles. The standard InChI is InChI=1S/C15H20N2O3/c1-14(2,3)20-13(18)17-10-4-5-12-11(8-10)15(9-19-12)6-7-16-15/h4-5,8,16H,6-7,9H2,1-3H3,(H,17,18)/t15-/m1/s1. The van der Waals surface area contributed by atoms with Crippen molar-refractivity contribution >= 4 is 11.8 Å². The van der Waals surface area contributed by atoms with E-state index in [-0.39, 0.29) is 5.54 Å². The molecule has 3 rings (SSSR count). The molecule has 2 aliphatic heterocycles. The molecule has 20 heavy (non-hydrogen) atoms. The molecule has 1 atom stereocenters. The first-order valence-corrected chi connectivity index (χ1v) is 6.90. The van der Waals surface area contributed by atoms with Crippen LogP contribution < -0.4 is 15.4 Å². The summed E-state index contributed by atoms with van der Waals surface area (Å²) < 4.78 is 10.9. The van der Waals surface area contributed by atoms with Crippen molar-refractivity contribution in [3.8, 4) is 5.75 Å². The summed E-state index contributed by atoms with van der Waals surface area (Å²) in [5, 5.41) is 6.20. The highest BCUT2D eigenvalue weighted by atomic mass is 16.6. The zero-order valence-corrected chi connectivity index (χ0v) is 12.1. The Morgan fingerprint density at radius 2 is 2.20 bits per heavy atom. The summed E-state index contributed by atoms with van der Waals surface area (Å²) in [6, 6.07) is 5.70. The molecule has 2 aliphatic rings. The monoisotopic (exact) mass is 276 g/mol. The third-order valence-corrected chi connectivity index (χ3v) is 3.63. The minimum Gasteiger partial charge on any atom is -0.491 e. The summed E-state index contributed by atoms with van der Waals surface area (Å²) in [7, 11) is 0. The molecule has 5 nitrogen and oxygen atoms in total. The van der Waals surface area contributed by atoms with Crippen LogP contribution in [0.3, 0.4) is 0 Å². The lowest BCUT2D eigenvalue weighted by atomic mass is 9.82. The quantitative estimate of drug-likeness (QED) is 0.827. The van der Waals surface area contributed by atoms with E-state index in [9.17, 15) is 4.79 Å². The lowest BCUT2D eigenvalue weighted by Crippen LogP contribution is -2.55. The van der Waals surface area contributed by atoms with Crippen LogP contribution in [-0.2, 0) is 10.3 Å². The van der Waals surface area contributed by atoms with Crippen LogP contribution >= 0.6 is 0 Å². The molecule has 108 valence electrons. The van der Waals surface area contributed by atoms with Gasteiger partial charge in [0.2, 0.25) is 0 Å². The van der Waals surface area contributed by atoms with Gasteiger partial charge in [0.15, 0.2) is 0 Å². The van der Waals surface area contributed by atoms with Crippen molar-refractivity contribution in [2.24, 2.45) is 0 Å². The number of carbonyl (C=O) groups excluding carboxylic acids is 1. The van der Waals surface area contributed by atoms with Crippen molar-refractivity contribution in [3.63, 3.8) is 0 Å². The zero-order valence-electron chi connectivity index (χ0n) is 12.1. The van der Waals surface area contributed by atoms with Crippen LogP contribution in [0.2, 0.25) is 0 Å². The van der Waals surface area contributed by atoms with Crippen molar-refractivity contribution in [2.75, 3.05) is 18.5 Å². The van der Waals surface area contributed by atoms with Gasteiger partial charge in [0.1, 0.15) is 18.0 Å². The van der Waals surface area contributed by atoms with Gasteiger partial charge >= 0.3 is 6.09 Å². The zero-order chi connectivity index (χ0) is 14.4. The van der Waals surface area contributed by atoms with Gasteiger partial charge in [0.05, 0.1) is 5.54 Å². The molecule has 1 amide bonds. The van der Waals surface area contributed by atoms with E-state index in [4.69, 9.17) is 9.47 Å². The highest BCUT2D eigenvalue weighted by molar-refractivity contribution is 5.85. The molecule has 1 fully saturated rings. The lowest BCUT2D eigenvalue weighted by Gasteiger charge is -2.38. The molecular formula is C15H20N2O3. The number of rotatable bonds is 1. The van der Waals surface area contributed by atoms with Crippen LogP contribution in [0, 0.1) is 0 Å². The first-order valence-electron chi connectivity index (χ1n) is 6.90. The fraction of sp³-hybridized carbons (Fsp3) is 0.533. The van der Waals surface area contributed by atoms with E-state index in [2.05, 4.69) is 10.6 Å². The average molecular weight is 276 g/mol. The van der Waals surface area contributed by atoms with Crippen LogP contribution in [0.4, 0.5) is 10.5 Å². The van der Waals surface area contributed by atoms with Crippen LogP contribution in [-0.4, -0.2) is 24.8 Å². The van der Waals surface area contributed by atoms with E-state index < -0.39 is 11.7 Å². The summed E-state index contributed by atoms with van der Waals surface area (Å²) >= 11 is 0. The molecule has 5 heteroatoms. The van der Waals surface area contributed by atoms with Crippen molar-refractivity contribution < 1.29 is 14.3 Å². The maximum atomic E-state index is 11.8. The Bertz CT molecular complexity index is 545. The van der Waals surface area contributed by atoms with Crippen molar-refractivity contribution in [2.45, 2.75) is 38.3 Å². The third kappa shape index (κ3) is 2.33. The molecule has 0 saturated carbocycles. The van der Waals surface area contributed by atoms with Gasteiger partial charge in [-0.2, -0.15) is 0 Å². The van der Waals surface area contributed by atoms with Gasteiger partial charge in [-0.05, 0) is 51.9 Å². The number of benzene rings is 1. The van der Waals surface area contributed by atoms with E-state index in [0.29, 0.717) is 6.61 Å². The number of nitrogens with one attached hydrogen (secondary N) is 2. The smallest absolute Gasteiger partial charge is 0.412 e. The summed E-state index contributed by atoms with van der Waals surface area (Å²) in [5.41, 5.74) is 1.30. The second kappa shape index (κ2) is 4.38. The average Bonchev–Trinajstić information content (AvgIpc) is 2.64. The predicted molar refractivity (Wildman–Crippen MR) is 76.1 cm³/mol. The van der Waals surface area contributed by atoms with Crippen LogP contribution in [0.15, 0.2) is 18.2 Å². The number of anilines is 1. The molecular weight excluding hydrogens is 256 g/mol. The van der Waals surface area contributed by atoms with Crippen molar-refractivity contribution in [1.29, 1.82) is 0 Å². The van der Waals surface area contributed by atoms with Crippen LogP contribution in [0.1, 0.15) is 32.8 Å². The number of fused-ring (bicyclic) bond motifs is 2. The van der Waals surface area contributed by atoms with Gasteiger partial charge in [-0.3, -0.25) is 5.32 Å². The first kappa shape index (κ1) is 13.2. The predicted octanol–water partition coefficient (Wildman–Crippen LogP) is 2.61. The molecule has 0 aromatic heterocycles. The number of amides is 1. The molecule has 0 aliphatic carbocycles. The Labute approximate surface area is 118 Å². The SMILES string of the molecule is CC(C)(C)OC(=O)Nc1ccc2c(c1)[C@@]1(CCN1)CO2. The van der Waals surface area contributed by atoms with E-state index in [1.807, 2.05) is 39.0 Å². The highest BCUT2D eigenvalue weighted by Gasteiger charge is 2.45. The van der Waals surface area contributed by atoms with E-state index in [1.165, 1.54) is 0 Å². The van der Waals surface area contributed by atoms with Crippen molar-refractivity contribution in [3.05, 3.63) is 23.8 Å². The fourth-order valence-electron chi connectivity index (χ4n) is 2.59. The first-order chi connectivity index (χ1) is 9.38. The summed E-state index contributed by atoms with van der Waals surface area (Å²) in [6.07, 6.45) is 0.627. The number of hydrogen-bond donors (Lipinski definition) is 2. The maximum absolute atomic E-state index is 11.8. The largest absolute Gasteiger partial charge is 0.491 e. The maximum Gasteiger partial charge on any atom is 0.412 e. The molecule has 2 N–H and O–H groups in total. The molecule has 0 radical (unpaired) electrons. The van der Waals surface area contributed by atoms with Gasteiger partial charge in [-0.1, -0.05) is 0 Å². The van der Waals surface area contributed by atoms with E-state index in [1.54, 1.807) is 0 Å². The second-order valence-electron chi connectivity index (χ2n) is 6.39. The van der Waals surface area contributed by atoms with Crippen molar-refractivity contribution in [1.82, 2.24) is 5.32 Å². The fourth-order valence-corrected chi connectivity index (χ4v) is 2.59. The second-order valence-corrected chi connectivity index (χ2v) is 6.39. The Morgan fingerprint density at radius 1 is 1.45 bits per heavy atom. The molecule has 0 unspecified atom stereocenters. The van der Waals surface area contributed by atoms with Crippen LogP contribution in [0.5, 0.6) is 5.75 Å². The Morgan fingerprint density at radius 3 is 2.80 bits per heavy atom. The Kier molecular flexibility index (Phi) is 2.90. The van der Waals surface area contributed by atoms with Gasteiger partial charge in [0.25, 0.3) is 0 Å². The van der Waals surface area contributed by atoms with Gasteiger partial charge in [-0.15, -0.1) is 0 Å². The minimum absolute atomic E-state index is 0.0546. The normalized spacial score (nSPS) is 23.8. The Hall–Kier alpha value is -1.75. The van der Waals surface area contributed by atoms with Gasteiger partial charge in [0, 0.05) is 11.3 Å². The lowest BCUT2D eigenvalue weighted by molar-refractivity contribution is 0.0636. The highest BCUT2D eigenvalue weighted by Crippen LogP contribution is 2.43. The number of carbonyl (C=O) groups is 1. The molecule has 2 heterocycles. The molecule has 1 spiro atoms. The summed E-state index contributed by atoms with van der Waals surface area (Å²) in [5.74, 6) is 0.895. The third-order valence-electron chi connectivity index (χ3n) is 3.63. The number of ether oxygens (including phenoxy) is 2. The molecule has 0 bridgehead atoms. The van der Waals surface area contributed by atoms with E-state index in [0.717, 1.165) is 30.0 Å². The minimum atomic E-state index is -0.499. The topological polar surface area (TPSA) is 59.6 Å². The molecule has 1 aromatic carbocycles. The summed E-state index contributed by atoms with van der Waals surface area (Å²) in [6.45, 7) is 7.20. The number of hydrogen-bond acceptors (Lipinski definition) is 4. The molecule has 1 aromatic rings. The van der Waals surface area contributed by atoms with Crippen LogP contribution in [0.25, 0.3) is 0 Å². The van der Waals surface area contributed by atoms with E-state index >= 15 is 0 Å². The van der Waals surface area contributed by atoms with Gasteiger partial charge < -0.3 is 14.8 Å². The van der Waals surface area contributed by atoms with Gasteiger partial charge in [-0.25, -0.2) is 4.79 Å².